The van der Waals surface area contributed by atoms with Crippen molar-refractivity contribution in [3.05, 3.63) is 48.3 Å². The maximum Gasteiger partial charge on any atom is 0.173 e. The summed E-state index contributed by atoms with van der Waals surface area (Å²) >= 11 is 1.60. The summed E-state index contributed by atoms with van der Waals surface area (Å²) < 4.78 is 1.97. The van der Waals surface area contributed by atoms with E-state index in [-0.39, 0.29) is 5.78 Å². The molecule has 0 radical (unpaired) electrons. The van der Waals surface area contributed by atoms with Crippen LogP contribution < -0.4 is 0 Å². The van der Waals surface area contributed by atoms with Crippen molar-refractivity contribution in [1.82, 2.24) is 9.55 Å². The van der Waals surface area contributed by atoms with Crippen LogP contribution in [0.1, 0.15) is 12.6 Å². The molecule has 0 N–H and O–H groups in total. The van der Waals surface area contributed by atoms with Crippen LogP contribution in [0.15, 0.2) is 52.7 Å². The standard InChI is InChI=1S/C14H14N2OS/c1-11(17)8-9-12-10-15-14(16(12)2)18-13-6-4-3-5-7-13/h3-10H,1-2H3/b9-8+. The molecule has 1 aromatic heterocycles. The lowest BCUT2D eigenvalue weighted by molar-refractivity contribution is -0.112. The van der Waals surface area contributed by atoms with Crippen LogP contribution in [0.5, 0.6) is 0 Å². The van der Waals surface area contributed by atoms with E-state index in [9.17, 15) is 4.79 Å². The van der Waals surface area contributed by atoms with Gasteiger partial charge < -0.3 is 4.57 Å². The number of rotatable bonds is 4. The summed E-state index contributed by atoms with van der Waals surface area (Å²) in [5, 5.41) is 0.907. The van der Waals surface area contributed by atoms with E-state index in [1.165, 1.54) is 6.92 Å². The average molecular weight is 258 g/mol. The van der Waals surface area contributed by atoms with Crippen LogP contribution in [0.2, 0.25) is 0 Å². The molecular weight excluding hydrogens is 244 g/mol. The van der Waals surface area contributed by atoms with Crippen LogP contribution in [0.3, 0.4) is 0 Å². The molecule has 3 nitrogen and oxygen atoms in total. The first-order valence-corrected chi connectivity index (χ1v) is 6.42. The number of aromatic nitrogens is 2. The zero-order chi connectivity index (χ0) is 13.0. The van der Waals surface area contributed by atoms with E-state index in [0.717, 1.165) is 15.7 Å². The quantitative estimate of drug-likeness (QED) is 0.790. The van der Waals surface area contributed by atoms with E-state index in [1.54, 1.807) is 30.1 Å². The maximum absolute atomic E-state index is 10.9. The van der Waals surface area contributed by atoms with Gasteiger partial charge in [0, 0.05) is 11.9 Å². The molecule has 0 aliphatic rings. The minimum Gasteiger partial charge on any atom is -0.322 e. The molecule has 0 aliphatic carbocycles. The molecule has 18 heavy (non-hydrogen) atoms. The molecule has 1 aromatic carbocycles. The first kappa shape index (κ1) is 12.6. The third-order valence-corrected chi connectivity index (χ3v) is 3.49. The SMILES string of the molecule is CC(=O)/C=C/c1cnc(Sc2ccccc2)n1C. The normalized spacial score (nSPS) is 11.0. The van der Waals surface area contributed by atoms with Crippen LogP contribution in [0.4, 0.5) is 0 Å². The molecule has 1 heterocycles. The van der Waals surface area contributed by atoms with Gasteiger partial charge in [0.1, 0.15) is 0 Å². The molecule has 0 saturated carbocycles. The number of carbonyl (C=O) groups excluding carboxylic acids is 1. The fourth-order valence-corrected chi connectivity index (χ4v) is 2.30. The predicted octanol–water partition coefficient (Wildman–Crippen LogP) is 3.17. The summed E-state index contributed by atoms with van der Waals surface area (Å²) in [5.74, 6) is 0.0356. The molecule has 0 saturated heterocycles. The van der Waals surface area contributed by atoms with Crippen LogP contribution in [0, 0.1) is 0 Å². The fraction of sp³-hybridized carbons (Fsp3) is 0.143. The Bertz CT molecular complexity index is 573. The van der Waals surface area contributed by atoms with E-state index >= 15 is 0 Å². The number of nitrogens with zero attached hydrogens (tertiary/aromatic N) is 2. The number of ketones is 1. The average Bonchev–Trinajstić information content (AvgIpc) is 2.70. The highest BCUT2D eigenvalue weighted by Gasteiger charge is 2.05. The Morgan fingerprint density at radius 1 is 1.33 bits per heavy atom. The highest BCUT2D eigenvalue weighted by molar-refractivity contribution is 7.99. The van der Waals surface area contributed by atoms with Crippen molar-refractivity contribution in [3.63, 3.8) is 0 Å². The Hall–Kier alpha value is -1.81. The van der Waals surface area contributed by atoms with Crippen molar-refractivity contribution in [2.75, 3.05) is 0 Å². The van der Waals surface area contributed by atoms with Crippen molar-refractivity contribution in [2.24, 2.45) is 7.05 Å². The lowest BCUT2D eigenvalue weighted by atomic mass is 10.3. The van der Waals surface area contributed by atoms with Crippen molar-refractivity contribution >= 4 is 23.6 Å². The number of imidazole rings is 1. The van der Waals surface area contributed by atoms with Crippen LogP contribution in [0.25, 0.3) is 6.08 Å². The van der Waals surface area contributed by atoms with Crippen LogP contribution >= 0.6 is 11.8 Å². The number of benzene rings is 1. The van der Waals surface area contributed by atoms with E-state index < -0.39 is 0 Å². The molecule has 2 aromatic rings. The van der Waals surface area contributed by atoms with Gasteiger partial charge in [0.25, 0.3) is 0 Å². The van der Waals surface area contributed by atoms with Gasteiger partial charge >= 0.3 is 0 Å². The summed E-state index contributed by atoms with van der Waals surface area (Å²) in [6.45, 7) is 1.53. The Morgan fingerprint density at radius 3 is 2.72 bits per heavy atom. The summed E-state index contributed by atoms with van der Waals surface area (Å²) in [4.78, 5) is 16.4. The third-order valence-electron chi connectivity index (χ3n) is 2.42. The molecular formula is C14H14N2OS. The minimum atomic E-state index is 0.0356. The molecule has 0 unspecified atom stereocenters. The summed E-state index contributed by atoms with van der Waals surface area (Å²) in [7, 11) is 1.94. The molecule has 4 heteroatoms. The van der Waals surface area contributed by atoms with Gasteiger partial charge in [-0.15, -0.1) is 0 Å². The first-order chi connectivity index (χ1) is 8.66. The molecule has 0 atom stereocenters. The molecule has 0 aliphatic heterocycles. The number of carbonyl (C=O) groups is 1. The molecule has 0 fully saturated rings. The van der Waals surface area contributed by atoms with Gasteiger partial charge in [0.05, 0.1) is 11.9 Å². The van der Waals surface area contributed by atoms with Crippen molar-refractivity contribution in [3.8, 4) is 0 Å². The smallest absolute Gasteiger partial charge is 0.173 e. The third kappa shape index (κ3) is 3.11. The lowest BCUT2D eigenvalue weighted by Gasteiger charge is -2.02. The number of hydrogen-bond donors (Lipinski definition) is 0. The van der Waals surface area contributed by atoms with Crippen molar-refractivity contribution in [2.45, 2.75) is 17.0 Å². The zero-order valence-electron chi connectivity index (χ0n) is 10.3. The highest BCUT2D eigenvalue weighted by Crippen LogP contribution is 2.26. The predicted molar refractivity (Wildman–Crippen MR) is 73.5 cm³/mol. The summed E-state index contributed by atoms with van der Waals surface area (Å²) in [6.07, 6.45) is 5.10. The topological polar surface area (TPSA) is 34.9 Å². The first-order valence-electron chi connectivity index (χ1n) is 5.60. The van der Waals surface area contributed by atoms with E-state index in [4.69, 9.17) is 0 Å². The van der Waals surface area contributed by atoms with Crippen molar-refractivity contribution in [1.29, 1.82) is 0 Å². The number of allylic oxidation sites excluding steroid dienone is 1. The van der Waals surface area contributed by atoms with Gasteiger partial charge in [-0.1, -0.05) is 30.0 Å². The van der Waals surface area contributed by atoms with E-state index in [0.29, 0.717) is 0 Å². The molecule has 0 amide bonds. The van der Waals surface area contributed by atoms with Gasteiger partial charge in [0.15, 0.2) is 10.9 Å². The van der Waals surface area contributed by atoms with Gasteiger partial charge in [-0.3, -0.25) is 4.79 Å². The van der Waals surface area contributed by atoms with E-state index in [2.05, 4.69) is 4.98 Å². The zero-order valence-corrected chi connectivity index (χ0v) is 11.1. The van der Waals surface area contributed by atoms with E-state index in [1.807, 2.05) is 41.9 Å². The lowest BCUT2D eigenvalue weighted by Crippen LogP contribution is -1.93. The highest BCUT2D eigenvalue weighted by atomic mass is 32.2. The van der Waals surface area contributed by atoms with Gasteiger partial charge in [-0.2, -0.15) is 0 Å². The summed E-state index contributed by atoms with van der Waals surface area (Å²) in [5.41, 5.74) is 0.920. The molecule has 92 valence electrons. The van der Waals surface area contributed by atoms with Crippen LogP contribution in [-0.2, 0) is 11.8 Å². The Balaban J connectivity index is 2.18. The second-order valence-electron chi connectivity index (χ2n) is 3.88. The second-order valence-corrected chi connectivity index (χ2v) is 4.92. The number of hydrogen-bond acceptors (Lipinski definition) is 3. The Morgan fingerprint density at radius 2 is 2.06 bits per heavy atom. The molecule has 0 spiro atoms. The van der Waals surface area contributed by atoms with Crippen LogP contribution in [-0.4, -0.2) is 15.3 Å². The Labute approximate surface area is 111 Å². The largest absolute Gasteiger partial charge is 0.322 e. The maximum atomic E-state index is 10.9. The van der Waals surface area contributed by atoms with Gasteiger partial charge in [-0.25, -0.2) is 4.98 Å². The fourth-order valence-electron chi connectivity index (χ4n) is 1.45. The minimum absolute atomic E-state index is 0.0356. The van der Waals surface area contributed by atoms with Gasteiger partial charge in [0.2, 0.25) is 0 Å². The molecule has 0 bridgehead atoms. The molecule has 2 rings (SSSR count). The second kappa shape index (κ2) is 5.69. The van der Waals surface area contributed by atoms with Gasteiger partial charge in [-0.05, 0) is 31.2 Å². The van der Waals surface area contributed by atoms with Crippen molar-refractivity contribution < 1.29 is 4.79 Å². The Kier molecular flexibility index (Phi) is 3.99. The monoisotopic (exact) mass is 258 g/mol. The summed E-state index contributed by atoms with van der Waals surface area (Å²) in [6, 6.07) is 10.1.